The summed E-state index contributed by atoms with van der Waals surface area (Å²) in [5.41, 5.74) is 1.84. The van der Waals surface area contributed by atoms with Gasteiger partial charge in [0.15, 0.2) is 11.5 Å². The summed E-state index contributed by atoms with van der Waals surface area (Å²) in [6.45, 7) is 5.71. The summed E-state index contributed by atoms with van der Waals surface area (Å²) in [6, 6.07) is 17.2. The van der Waals surface area contributed by atoms with E-state index < -0.39 is 28.5 Å². The number of carbonyl (C=O) groups is 2. The largest absolute Gasteiger partial charge is 0.493 e. The topological polar surface area (TPSA) is 105 Å². The molecule has 0 aliphatic rings. The molecule has 0 saturated carbocycles. The molecule has 0 spiro atoms. The fourth-order valence-electron chi connectivity index (χ4n) is 4.56. The third kappa shape index (κ3) is 8.64. The lowest BCUT2D eigenvalue weighted by molar-refractivity contribution is -0.140. The number of nitrogens with one attached hydrogen (secondary N) is 1. The fourth-order valence-corrected chi connectivity index (χ4v) is 6.09. The van der Waals surface area contributed by atoms with Gasteiger partial charge in [0, 0.05) is 24.2 Å². The van der Waals surface area contributed by atoms with E-state index in [9.17, 15) is 18.0 Å². The number of benzene rings is 3. The zero-order valence-corrected chi connectivity index (χ0v) is 26.9. The molecular weight excluding hydrogens is 590 g/mol. The monoisotopic (exact) mass is 629 g/mol. The fraction of sp³-hybridized carbons (Fsp3) is 0.375. The Labute approximate surface area is 259 Å². The van der Waals surface area contributed by atoms with Gasteiger partial charge in [-0.3, -0.25) is 13.9 Å². The van der Waals surface area contributed by atoms with Crippen LogP contribution < -0.4 is 19.1 Å². The molecule has 0 bridgehead atoms. The molecule has 43 heavy (non-hydrogen) atoms. The summed E-state index contributed by atoms with van der Waals surface area (Å²) in [5.74, 6) is -0.129. The molecule has 232 valence electrons. The van der Waals surface area contributed by atoms with E-state index in [2.05, 4.69) is 5.32 Å². The molecule has 0 aliphatic heterocycles. The number of hydrogen-bond donors (Lipinski definition) is 1. The number of nitrogens with zero attached hydrogens (tertiary/aromatic N) is 2. The first-order valence-corrected chi connectivity index (χ1v) is 16.0. The highest BCUT2D eigenvalue weighted by atomic mass is 35.5. The minimum Gasteiger partial charge on any atom is -0.493 e. The van der Waals surface area contributed by atoms with Gasteiger partial charge in [0.05, 0.1) is 24.8 Å². The van der Waals surface area contributed by atoms with Gasteiger partial charge in [0.1, 0.15) is 12.6 Å². The summed E-state index contributed by atoms with van der Waals surface area (Å²) in [7, 11) is -1.30. The average molecular weight is 630 g/mol. The lowest BCUT2D eigenvalue weighted by atomic mass is 10.1. The lowest BCUT2D eigenvalue weighted by Crippen LogP contribution is -2.52. The molecule has 3 rings (SSSR count). The zero-order valence-electron chi connectivity index (χ0n) is 25.3. The zero-order chi connectivity index (χ0) is 31.6. The molecule has 3 aromatic carbocycles. The van der Waals surface area contributed by atoms with E-state index in [1.54, 1.807) is 48.5 Å². The van der Waals surface area contributed by atoms with Crippen LogP contribution in [0.3, 0.4) is 0 Å². The van der Waals surface area contributed by atoms with Crippen LogP contribution in [0, 0.1) is 6.92 Å². The van der Waals surface area contributed by atoms with Crippen molar-refractivity contribution in [2.75, 3.05) is 31.6 Å². The number of sulfonamides is 1. The van der Waals surface area contributed by atoms with Crippen LogP contribution in [0.4, 0.5) is 5.69 Å². The van der Waals surface area contributed by atoms with Crippen molar-refractivity contribution < 1.29 is 27.5 Å². The molecule has 9 nitrogen and oxygen atoms in total. The summed E-state index contributed by atoms with van der Waals surface area (Å²) >= 11 is 6.09. The highest BCUT2D eigenvalue weighted by molar-refractivity contribution is 7.92. The highest BCUT2D eigenvalue weighted by Crippen LogP contribution is 2.34. The Kier molecular flexibility index (Phi) is 12.3. The Hall–Kier alpha value is -3.76. The van der Waals surface area contributed by atoms with E-state index >= 15 is 0 Å². The second-order valence-corrected chi connectivity index (χ2v) is 12.4. The van der Waals surface area contributed by atoms with E-state index in [0.29, 0.717) is 29.5 Å². The Morgan fingerprint density at radius 3 is 2.16 bits per heavy atom. The maximum atomic E-state index is 14.2. The van der Waals surface area contributed by atoms with E-state index in [4.69, 9.17) is 21.1 Å². The number of rotatable bonds is 15. The predicted molar refractivity (Wildman–Crippen MR) is 169 cm³/mol. The molecule has 11 heteroatoms. The number of unbranched alkanes of at least 4 members (excludes halogenated alkanes) is 1. The molecule has 0 heterocycles. The van der Waals surface area contributed by atoms with Gasteiger partial charge < -0.3 is 19.7 Å². The molecule has 2 amide bonds. The van der Waals surface area contributed by atoms with Crippen LogP contribution in [0.15, 0.2) is 71.6 Å². The number of aryl methyl sites for hydroxylation is 1. The van der Waals surface area contributed by atoms with E-state index in [-0.39, 0.29) is 23.0 Å². The van der Waals surface area contributed by atoms with Crippen molar-refractivity contribution in [3.63, 3.8) is 0 Å². The highest BCUT2D eigenvalue weighted by Gasteiger charge is 2.34. The maximum Gasteiger partial charge on any atom is 0.264 e. The Bertz CT molecular complexity index is 1480. The predicted octanol–water partition coefficient (Wildman–Crippen LogP) is 5.58. The van der Waals surface area contributed by atoms with Gasteiger partial charge in [-0.1, -0.05) is 61.7 Å². The SMILES string of the molecule is CCCCNC(=O)C(CC)N(Cc1ccc(Cl)cc1)C(=O)CN(c1ccc(OC)c(OC)c1)S(=O)(=O)c1ccc(C)cc1. The smallest absolute Gasteiger partial charge is 0.264 e. The molecule has 0 aliphatic carbocycles. The van der Waals surface area contributed by atoms with Crippen molar-refractivity contribution in [2.24, 2.45) is 0 Å². The van der Waals surface area contributed by atoms with Crippen molar-refractivity contribution in [3.05, 3.63) is 82.9 Å². The number of carbonyl (C=O) groups excluding carboxylic acids is 2. The van der Waals surface area contributed by atoms with Crippen molar-refractivity contribution >= 4 is 39.1 Å². The summed E-state index contributed by atoms with van der Waals surface area (Å²) < 4.78 is 40.0. The second-order valence-electron chi connectivity index (χ2n) is 10.1. The van der Waals surface area contributed by atoms with Crippen LogP contribution in [0.2, 0.25) is 5.02 Å². The van der Waals surface area contributed by atoms with Gasteiger partial charge in [-0.25, -0.2) is 8.42 Å². The van der Waals surface area contributed by atoms with Gasteiger partial charge in [-0.2, -0.15) is 0 Å². The third-order valence-corrected chi connectivity index (χ3v) is 9.06. The molecule has 3 aromatic rings. The number of hydrogen-bond acceptors (Lipinski definition) is 6. The van der Waals surface area contributed by atoms with Crippen LogP contribution in [-0.4, -0.2) is 58.5 Å². The minimum absolute atomic E-state index is 0.0225. The summed E-state index contributed by atoms with van der Waals surface area (Å²) in [6.07, 6.45) is 2.04. The van der Waals surface area contributed by atoms with E-state index in [1.165, 1.54) is 37.3 Å². The standard InChI is InChI=1S/C32H40ClN3O6S/c1-6-8-19-34-32(38)28(7-2)35(21-24-11-13-25(33)14-12-24)31(37)22-36(26-15-18-29(41-4)30(20-26)42-5)43(39,40)27-16-9-23(3)10-17-27/h9-18,20,28H,6-8,19,21-22H2,1-5H3,(H,34,38). The lowest BCUT2D eigenvalue weighted by Gasteiger charge is -2.33. The summed E-state index contributed by atoms with van der Waals surface area (Å²) in [5, 5.41) is 3.46. The molecule has 0 saturated heterocycles. The van der Waals surface area contributed by atoms with Gasteiger partial charge >= 0.3 is 0 Å². The third-order valence-electron chi connectivity index (χ3n) is 7.02. The second kappa shape index (κ2) is 15.6. The van der Waals surface area contributed by atoms with Crippen LogP contribution in [0.1, 0.15) is 44.2 Å². The van der Waals surface area contributed by atoms with Crippen LogP contribution in [0.5, 0.6) is 11.5 Å². The van der Waals surface area contributed by atoms with E-state index in [0.717, 1.165) is 28.3 Å². The molecule has 1 atom stereocenters. The normalized spacial score (nSPS) is 11.9. The van der Waals surface area contributed by atoms with Gasteiger partial charge in [-0.05, 0) is 61.7 Å². The Morgan fingerprint density at radius 2 is 1.58 bits per heavy atom. The van der Waals surface area contributed by atoms with Crippen LogP contribution >= 0.6 is 11.6 Å². The first-order chi connectivity index (χ1) is 20.5. The van der Waals surface area contributed by atoms with Gasteiger partial charge in [0.25, 0.3) is 10.0 Å². The van der Waals surface area contributed by atoms with Crippen molar-refractivity contribution in [3.8, 4) is 11.5 Å². The first-order valence-electron chi connectivity index (χ1n) is 14.2. The molecule has 1 N–H and O–H groups in total. The molecule has 0 fully saturated rings. The van der Waals surface area contributed by atoms with Crippen molar-refractivity contribution in [1.29, 1.82) is 0 Å². The Morgan fingerprint density at radius 1 is 0.930 bits per heavy atom. The quantitative estimate of drug-likeness (QED) is 0.220. The first kappa shape index (κ1) is 33.7. The van der Waals surface area contributed by atoms with Crippen LogP contribution in [-0.2, 0) is 26.2 Å². The Balaban J connectivity index is 2.09. The number of halogens is 1. The van der Waals surface area contributed by atoms with Gasteiger partial charge in [0.2, 0.25) is 11.8 Å². The average Bonchev–Trinajstić information content (AvgIpc) is 3.00. The number of anilines is 1. The number of ether oxygens (including phenoxy) is 2. The molecule has 1 unspecified atom stereocenters. The maximum absolute atomic E-state index is 14.2. The minimum atomic E-state index is -4.22. The summed E-state index contributed by atoms with van der Waals surface area (Å²) in [4.78, 5) is 29.0. The van der Waals surface area contributed by atoms with Crippen LogP contribution in [0.25, 0.3) is 0 Å². The van der Waals surface area contributed by atoms with Crippen molar-refractivity contribution in [2.45, 2.75) is 57.5 Å². The van der Waals surface area contributed by atoms with E-state index in [1.807, 2.05) is 20.8 Å². The molecule has 0 aromatic heterocycles. The van der Waals surface area contributed by atoms with Crippen molar-refractivity contribution in [1.82, 2.24) is 10.2 Å². The number of methoxy groups -OCH3 is 2. The van der Waals surface area contributed by atoms with Gasteiger partial charge in [-0.15, -0.1) is 0 Å². The molecular formula is C32H40ClN3O6S. The molecule has 0 radical (unpaired) electrons. The number of amides is 2.